The number of piperidine rings is 1. The summed E-state index contributed by atoms with van der Waals surface area (Å²) in [6.07, 6.45) is 5.27. The molecule has 1 aliphatic heterocycles. The SMILES string of the molecule is COC(=O)COc1cccc(CCC[N+]2(CCCc3cccc(OCC(=O)OC)c3)CCCC(NC(=O)OC(C)(C)C)C2)c1.[Br-]. The number of amides is 1. The summed E-state index contributed by atoms with van der Waals surface area (Å²) < 4.78 is 27.0. The van der Waals surface area contributed by atoms with Gasteiger partial charge in [-0.2, -0.15) is 0 Å². The van der Waals surface area contributed by atoms with Crippen molar-refractivity contribution in [1.82, 2.24) is 5.32 Å². The fraction of sp³-hybridized carbons (Fsp3) is 0.559. The molecule has 1 heterocycles. The van der Waals surface area contributed by atoms with Gasteiger partial charge in [-0.3, -0.25) is 0 Å². The number of benzene rings is 2. The van der Waals surface area contributed by atoms with Gasteiger partial charge in [-0.05, 0) is 81.8 Å². The molecule has 11 heteroatoms. The molecule has 1 aliphatic rings. The lowest BCUT2D eigenvalue weighted by Gasteiger charge is -2.45. The molecule has 10 nitrogen and oxygen atoms in total. The van der Waals surface area contributed by atoms with Crippen LogP contribution in [0.25, 0.3) is 0 Å². The normalized spacial score (nSPS) is 15.6. The number of rotatable bonds is 15. The van der Waals surface area contributed by atoms with Gasteiger partial charge in [0.2, 0.25) is 0 Å². The second-order valence-corrected chi connectivity index (χ2v) is 12.4. The van der Waals surface area contributed by atoms with E-state index >= 15 is 0 Å². The third kappa shape index (κ3) is 14.1. The number of carbonyl (C=O) groups is 3. The molecule has 45 heavy (non-hydrogen) atoms. The van der Waals surface area contributed by atoms with E-state index in [0.29, 0.717) is 11.5 Å². The van der Waals surface area contributed by atoms with Crippen LogP contribution in [-0.4, -0.2) is 87.8 Å². The number of aryl methyl sites for hydroxylation is 2. The quantitative estimate of drug-likeness (QED) is 0.171. The molecule has 0 saturated carbocycles. The highest BCUT2D eigenvalue weighted by Crippen LogP contribution is 2.24. The summed E-state index contributed by atoms with van der Waals surface area (Å²) in [4.78, 5) is 35.5. The average molecular weight is 694 g/mol. The van der Waals surface area contributed by atoms with Gasteiger partial charge >= 0.3 is 18.0 Å². The van der Waals surface area contributed by atoms with E-state index in [9.17, 15) is 14.4 Å². The van der Waals surface area contributed by atoms with Gasteiger partial charge in [-0.25, -0.2) is 14.4 Å². The smallest absolute Gasteiger partial charge is 0.408 e. The molecule has 2 aromatic rings. The number of carbonyl (C=O) groups excluding carboxylic acids is 3. The van der Waals surface area contributed by atoms with Crippen LogP contribution in [0.2, 0.25) is 0 Å². The first-order valence-corrected chi connectivity index (χ1v) is 15.4. The monoisotopic (exact) mass is 692 g/mol. The molecule has 1 saturated heterocycles. The standard InChI is InChI=1S/C34H48N2O8.BrH/c1-34(2,3)44-33(39)35-28-15-10-20-36(23-28,18-8-13-26-11-6-16-29(21-26)42-24-31(37)40-4)19-9-14-27-12-7-17-30(22-27)43-25-32(38)41-5;/h6-7,11-12,16-17,21-22,28H,8-10,13-15,18-20,23-25H2,1-5H3;1H. The van der Waals surface area contributed by atoms with Crippen molar-refractivity contribution in [2.45, 2.75) is 70.9 Å². The van der Waals surface area contributed by atoms with Crippen LogP contribution in [0.4, 0.5) is 4.79 Å². The minimum atomic E-state index is -0.547. The number of quaternary nitrogens is 1. The number of hydrogen-bond donors (Lipinski definition) is 1. The highest BCUT2D eigenvalue weighted by Gasteiger charge is 2.35. The Kier molecular flexibility index (Phi) is 15.7. The molecule has 1 amide bonds. The van der Waals surface area contributed by atoms with E-state index in [0.717, 1.165) is 80.3 Å². The predicted octanol–water partition coefficient (Wildman–Crippen LogP) is 1.86. The summed E-state index contributed by atoms with van der Waals surface area (Å²) >= 11 is 0. The zero-order valence-electron chi connectivity index (χ0n) is 27.3. The summed E-state index contributed by atoms with van der Waals surface area (Å²) in [5, 5.41) is 3.13. The number of alkyl carbamates (subject to hydrolysis) is 1. The van der Waals surface area contributed by atoms with Crippen molar-refractivity contribution >= 4 is 18.0 Å². The summed E-state index contributed by atoms with van der Waals surface area (Å²) in [6, 6.07) is 15.7. The van der Waals surface area contributed by atoms with Gasteiger partial charge < -0.3 is 50.5 Å². The Balaban J connectivity index is 0.00000705. The maximum Gasteiger partial charge on any atom is 0.408 e. The second-order valence-electron chi connectivity index (χ2n) is 12.4. The molecule has 3 rings (SSSR count). The third-order valence-corrected chi connectivity index (χ3v) is 7.68. The van der Waals surface area contributed by atoms with Crippen molar-refractivity contribution in [3.8, 4) is 11.5 Å². The Morgan fingerprint density at radius 1 is 0.844 bits per heavy atom. The number of ether oxygens (including phenoxy) is 5. The zero-order chi connectivity index (χ0) is 32.0. The molecular formula is C34H49BrN2O8. The lowest BCUT2D eigenvalue weighted by Crippen LogP contribution is -3.00. The van der Waals surface area contributed by atoms with Crippen LogP contribution in [-0.2, 0) is 36.6 Å². The second kappa shape index (κ2) is 18.6. The number of methoxy groups -OCH3 is 2. The summed E-state index contributed by atoms with van der Waals surface area (Å²) in [5.41, 5.74) is 1.75. The highest BCUT2D eigenvalue weighted by molar-refractivity contribution is 5.71. The summed E-state index contributed by atoms with van der Waals surface area (Å²) in [7, 11) is 2.68. The lowest BCUT2D eigenvalue weighted by atomic mass is 9.99. The van der Waals surface area contributed by atoms with Gasteiger partial charge in [0.25, 0.3) is 0 Å². The Bertz CT molecular complexity index is 1160. The summed E-state index contributed by atoms with van der Waals surface area (Å²) in [5.74, 6) is 0.465. The molecule has 2 aromatic carbocycles. The van der Waals surface area contributed by atoms with E-state index in [1.54, 1.807) is 0 Å². The average Bonchev–Trinajstić information content (AvgIpc) is 2.98. The lowest BCUT2D eigenvalue weighted by molar-refractivity contribution is -0.933. The van der Waals surface area contributed by atoms with Gasteiger partial charge in [0.15, 0.2) is 13.2 Å². The van der Waals surface area contributed by atoms with Crippen molar-refractivity contribution in [2.75, 3.05) is 53.6 Å². The maximum absolute atomic E-state index is 12.6. The number of nitrogens with zero attached hydrogens (tertiary/aromatic N) is 1. The third-order valence-electron chi connectivity index (χ3n) is 7.68. The number of nitrogens with one attached hydrogen (secondary N) is 1. The molecule has 1 fully saturated rings. The van der Waals surface area contributed by atoms with Crippen molar-refractivity contribution in [1.29, 1.82) is 0 Å². The Labute approximate surface area is 278 Å². The Morgan fingerprint density at radius 3 is 1.82 bits per heavy atom. The van der Waals surface area contributed by atoms with Crippen molar-refractivity contribution in [2.24, 2.45) is 0 Å². The first-order chi connectivity index (χ1) is 21.0. The van der Waals surface area contributed by atoms with E-state index in [2.05, 4.69) is 26.9 Å². The van der Waals surface area contributed by atoms with Crippen LogP contribution >= 0.6 is 0 Å². The molecule has 0 radical (unpaired) electrons. The van der Waals surface area contributed by atoms with Crippen LogP contribution < -0.4 is 31.8 Å². The highest BCUT2D eigenvalue weighted by atomic mass is 79.9. The zero-order valence-corrected chi connectivity index (χ0v) is 28.9. The number of likely N-dealkylation sites (tertiary alicyclic amines) is 1. The molecule has 1 atom stereocenters. The molecule has 1 unspecified atom stereocenters. The van der Waals surface area contributed by atoms with Crippen molar-refractivity contribution in [3.05, 3.63) is 59.7 Å². The van der Waals surface area contributed by atoms with E-state index in [1.807, 2.05) is 57.2 Å². The molecule has 0 spiro atoms. The molecular weight excluding hydrogens is 644 g/mol. The number of hydrogen-bond acceptors (Lipinski definition) is 8. The van der Waals surface area contributed by atoms with Gasteiger partial charge in [-0.15, -0.1) is 0 Å². The molecule has 0 aromatic heterocycles. The largest absolute Gasteiger partial charge is 1.00 e. The maximum atomic E-state index is 12.6. The van der Waals surface area contributed by atoms with E-state index < -0.39 is 17.5 Å². The first kappa shape index (κ1) is 37.9. The van der Waals surface area contributed by atoms with Crippen molar-refractivity contribution in [3.63, 3.8) is 0 Å². The first-order valence-electron chi connectivity index (χ1n) is 15.4. The Morgan fingerprint density at radius 2 is 1.36 bits per heavy atom. The van der Waals surface area contributed by atoms with Crippen LogP contribution in [0.15, 0.2) is 48.5 Å². The predicted molar refractivity (Wildman–Crippen MR) is 167 cm³/mol. The van der Waals surface area contributed by atoms with Crippen LogP contribution in [0.1, 0.15) is 57.6 Å². The van der Waals surface area contributed by atoms with E-state index in [4.69, 9.17) is 14.2 Å². The van der Waals surface area contributed by atoms with Gasteiger partial charge in [0.05, 0.1) is 46.4 Å². The van der Waals surface area contributed by atoms with Gasteiger partial charge in [0, 0.05) is 12.8 Å². The van der Waals surface area contributed by atoms with E-state index in [-0.39, 0.29) is 42.3 Å². The van der Waals surface area contributed by atoms with Gasteiger partial charge in [0.1, 0.15) is 17.1 Å². The fourth-order valence-electron chi connectivity index (χ4n) is 5.65. The Hall–Kier alpha value is -3.31. The van der Waals surface area contributed by atoms with Crippen molar-refractivity contribution < 1.29 is 59.5 Å². The van der Waals surface area contributed by atoms with Crippen LogP contribution in [0.3, 0.4) is 0 Å². The molecule has 1 N–H and O–H groups in total. The van der Waals surface area contributed by atoms with Crippen LogP contribution in [0, 0.1) is 0 Å². The molecule has 0 aliphatic carbocycles. The number of esters is 2. The van der Waals surface area contributed by atoms with E-state index in [1.165, 1.54) is 14.2 Å². The number of halogens is 1. The fourth-order valence-corrected chi connectivity index (χ4v) is 5.65. The molecule has 0 bridgehead atoms. The minimum Gasteiger partial charge on any atom is -1.00 e. The van der Waals surface area contributed by atoms with Crippen LogP contribution in [0.5, 0.6) is 11.5 Å². The minimum absolute atomic E-state index is 0. The topological polar surface area (TPSA) is 109 Å². The van der Waals surface area contributed by atoms with Gasteiger partial charge in [-0.1, -0.05) is 24.3 Å². The summed E-state index contributed by atoms with van der Waals surface area (Å²) in [6.45, 7) is 9.24. The molecule has 250 valence electrons.